The van der Waals surface area contributed by atoms with Crippen LogP contribution >= 0.6 is 12.4 Å². The van der Waals surface area contributed by atoms with E-state index in [2.05, 4.69) is 41.5 Å². The van der Waals surface area contributed by atoms with Crippen molar-refractivity contribution < 1.29 is 0 Å². The summed E-state index contributed by atoms with van der Waals surface area (Å²) in [7, 11) is 0. The third kappa shape index (κ3) is 2.44. The molecule has 0 aromatic heterocycles. The molecule has 0 saturated heterocycles. The fraction of sp³-hybridized carbons (Fsp3) is 0.400. The summed E-state index contributed by atoms with van der Waals surface area (Å²) in [6, 6.07) is 8.77. The number of rotatable bonds is 2. The molecule has 0 spiro atoms. The number of nitrogens with zero attached hydrogens (tertiary/aromatic N) is 1. The van der Waals surface area contributed by atoms with Crippen LogP contribution in [0, 0.1) is 0 Å². The summed E-state index contributed by atoms with van der Waals surface area (Å²) >= 11 is 0. The van der Waals surface area contributed by atoms with Gasteiger partial charge in [0.1, 0.15) is 5.84 Å². The average Bonchev–Trinajstić information content (AvgIpc) is 2.86. The Morgan fingerprint density at radius 3 is 2.83 bits per heavy atom. The summed E-state index contributed by atoms with van der Waals surface area (Å²) in [5.41, 5.74) is 5.95. The summed E-state index contributed by atoms with van der Waals surface area (Å²) in [6.07, 6.45) is 3.37. The topological polar surface area (TPSA) is 24.4 Å². The molecular weight excluding hydrogens is 244 g/mol. The van der Waals surface area contributed by atoms with E-state index in [4.69, 9.17) is 0 Å². The number of benzene rings is 1. The summed E-state index contributed by atoms with van der Waals surface area (Å²) in [6.45, 7) is 4.21. The molecule has 1 aromatic carbocycles. The van der Waals surface area contributed by atoms with Gasteiger partial charge in [0.25, 0.3) is 0 Å². The first-order valence-corrected chi connectivity index (χ1v) is 6.38. The van der Waals surface area contributed by atoms with Gasteiger partial charge < -0.3 is 5.32 Å². The van der Waals surface area contributed by atoms with E-state index in [0.717, 1.165) is 19.5 Å². The number of amidine groups is 1. The minimum Gasteiger partial charge on any atom is -0.372 e. The second kappa shape index (κ2) is 5.57. The highest BCUT2D eigenvalue weighted by atomic mass is 35.5. The van der Waals surface area contributed by atoms with Crippen molar-refractivity contribution in [3.8, 4) is 0 Å². The van der Waals surface area contributed by atoms with Crippen LogP contribution in [0.2, 0.25) is 0 Å². The lowest BCUT2D eigenvalue weighted by atomic mass is 9.85. The lowest BCUT2D eigenvalue weighted by Crippen LogP contribution is -2.20. The number of aliphatic imine (C=N–C) groups is 1. The van der Waals surface area contributed by atoms with Crippen LogP contribution in [0.4, 0.5) is 0 Å². The largest absolute Gasteiger partial charge is 0.372 e. The van der Waals surface area contributed by atoms with Gasteiger partial charge in [-0.3, -0.25) is 4.99 Å². The Kier molecular flexibility index (Phi) is 4.07. The molecule has 3 heteroatoms. The van der Waals surface area contributed by atoms with Crippen LogP contribution in [0.3, 0.4) is 0 Å². The van der Waals surface area contributed by atoms with Crippen molar-refractivity contribution in [1.82, 2.24) is 5.32 Å². The molecule has 0 amide bonds. The van der Waals surface area contributed by atoms with Crippen molar-refractivity contribution in [2.75, 3.05) is 13.1 Å². The number of halogens is 1. The van der Waals surface area contributed by atoms with E-state index in [1.165, 1.54) is 35.4 Å². The van der Waals surface area contributed by atoms with E-state index in [9.17, 15) is 0 Å². The van der Waals surface area contributed by atoms with Gasteiger partial charge in [-0.2, -0.15) is 0 Å². The molecule has 0 unspecified atom stereocenters. The van der Waals surface area contributed by atoms with E-state index < -0.39 is 0 Å². The molecule has 96 valence electrons. The third-order valence-corrected chi connectivity index (χ3v) is 3.77. The van der Waals surface area contributed by atoms with Crippen LogP contribution in [0.5, 0.6) is 0 Å². The molecular formula is C15H19ClN2. The summed E-state index contributed by atoms with van der Waals surface area (Å²) in [4.78, 5) is 4.49. The van der Waals surface area contributed by atoms with Crippen molar-refractivity contribution in [3.63, 3.8) is 0 Å². The van der Waals surface area contributed by atoms with Crippen molar-refractivity contribution in [3.05, 3.63) is 41.0 Å². The zero-order valence-electron chi connectivity index (χ0n) is 10.7. The molecule has 1 heterocycles. The Hall–Kier alpha value is -1.28. The van der Waals surface area contributed by atoms with Crippen LogP contribution in [0.1, 0.15) is 30.9 Å². The van der Waals surface area contributed by atoms with Crippen LogP contribution in [-0.4, -0.2) is 18.9 Å². The second-order valence-corrected chi connectivity index (χ2v) is 4.82. The molecule has 2 nitrogen and oxygen atoms in total. The van der Waals surface area contributed by atoms with Gasteiger partial charge >= 0.3 is 0 Å². The van der Waals surface area contributed by atoms with Crippen molar-refractivity contribution >= 4 is 23.8 Å². The number of allylic oxidation sites excluding steroid dienone is 1. The molecule has 0 atom stereocenters. The SMILES string of the molecule is CC1=C(CC2=NCCN2)CCc2ccccc21.Cl. The first-order chi connectivity index (χ1) is 8.34. The number of nitrogens with one attached hydrogen (secondary N) is 1. The van der Waals surface area contributed by atoms with E-state index in [1.54, 1.807) is 5.57 Å². The minimum absolute atomic E-state index is 0. The molecule has 2 aliphatic rings. The van der Waals surface area contributed by atoms with Gasteiger partial charge in [-0.05, 0) is 36.5 Å². The second-order valence-electron chi connectivity index (χ2n) is 4.82. The Bertz CT molecular complexity index is 503. The van der Waals surface area contributed by atoms with Gasteiger partial charge in [-0.1, -0.05) is 29.8 Å². The maximum atomic E-state index is 4.49. The van der Waals surface area contributed by atoms with Crippen LogP contribution < -0.4 is 5.32 Å². The molecule has 1 N–H and O–H groups in total. The number of hydrogen-bond donors (Lipinski definition) is 1. The molecule has 1 aliphatic heterocycles. The maximum absolute atomic E-state index is 4.49. The van der Waals surface area contributed by atoms with Crippen molar-refractivity contribution in [2.24, 2.45) is 4.99 Å². The normalized spacial score (nSPS) is 17.7. The van der Waals surface area contributed by atoms with Crippen LogP contribution in [0.25, 0.3) is 5.57 Å². The molecule has 0 saturated carbocycles. The first-order valence-electron chi connectivity index (χ1n) is 6.38. The Morgan fingerprint density at radius 1 is 1.22 bits per heavy atom. The number of hydrogen-bond acceptors (Lipinski definition) is 2. The van der Waals surface area contributed by atoms with Gasteiger partial charge in [-0.25, -0.2) is 0 Å². The molecule has 0 radical (unpaired) electrons. The molecule has 1 aromatic rings. The van der Waals surface area contributed by atoms with E-state index >= 15 is 0 Å². The lowest BCUT2D eigenvalue weighted by molar-refractivity contribution is 0.885. The van der Waals surface area contributed by atoms with Crippen molar-refractivity contribution in [2.45, 2.75) is 26.2 Å². The molecule has 18 heavy (non-hydrogen) atoms. The predicted molar refractivity (Wildman–Crippen MR) is 79.5 cm³/mol. The third-order valence-electron chi connectivity index (χ3n) is 3.77. The highest BCUT2D eigenvalue weighted by Crippen LogP contribution is 2.32. The zero-order chi connectivity index (χ0) is 11.7. The quantitative estimate of drug-likeness (QED) is 0.870. The smallest absolute Gasteiger partial charge is 0.101 e. The number of aryl methyl sites for hydroxylation is 1. The highest BCUT2D eigenvalue weighted by Gasteiger charge is 2.17. The molecule has 1 aliphatic carbocycles. The summed E-state index contributed by atoms with van der Waals surface area (Å²) < 4.78 is 0. The number of fused-ring (bicyclic) bond motifs is 1. The average molecular weight is 263 g/mol. The fourth-order valence-electron chi connectivity index (χ4n) is 2.76. The minimum atomic E-state index is 0. The Balaban J connectivity index is 0.00000120. The molecule has 0 fully saturated rings. The van der Waals surface area contributed by atoms with Crippen molar-refractivity contribution in [1.29, 1.82) is 0 Å². The maximum Gasteiger partial charge on any atom is 0.101 e. The molecule has 3 rings (SSSR count). The Morgan fingerprint density at radius 2 is 2.06 bits per heavy atom. The van der Waals surface area contributed by atoms with Gasteiger partial charge in [0.05, 0.1) is 6.54 Å². The van der Waals surface area contributed by atoms with E-state index in [0.29, 0.717) is 0 Å². The highest BCUT2D eigenvalue weighted by molar-refractivity contribution is 5.88. The molecule has 0 bridgehead atoms. The van der Waals surface area contributed by atoms with Gasteiger partial charge in [-0.15, -0.1) is 12.4 Å². The summed E-state index contributed by atoms with van der Waals surface area (Å²) in [5.74, 6) is 1.18. The van der Waals surface area contributed by atoms with E-state index in [1.807, 2.05) is 0 Å². The summed E-state index contributed by atoms with van der Waals surface area (Å²) in [5, 5.41) is 3.36. The van der Waals surface area contributed by atoms with Crippen LogP contribution in [0.15, 0.2) is 34.8 Å². The monoisotopic (exact) mass is 262 g/mol. The Labute approximate surface area is 115 Å². The van der Waals surface area contributed by atoms with Gasteiger partial charge in [0.15, 0.2) is 0 Å². The van der Waals surface area contributed by atoms with Gasteiger partial charge in [0, 0.05) is 13.0 Å². The predicted octanol–water partition coefficient (Wildman–Crippen LogP) is 3.22. The zero-order valence-corrected chi connectivity index (χ0v) is 11.5. The van der Waals surface area contributed by atoms with Gasteiger partial charge in [0.2, 0.25) is 0 Å². The van der Waals surface area contributed by atoms with E-state index in [-0.39, 0.29) is 12.4 Å². The first kappa shape index (κ1) is 13.2. The van der Waals surface area contributed by atoms with Crippen LogP contribution in [-0.2, 0) is 6.42 Å². The lowest BCUT2D eigenvalue weighted by Gasteiger charge is -2.21. The fourth-order valence-corrected chi connectivity index (χ4v) is 2.76. The standard InChI is InChI=1S/C15H18N2.ClH/c1-11-13(10-15-16-8-9-17-15)7-6-12-4-2-3-5-14(11)12;/h2-5H,6-10H2,1H3,(H,16,17);1H.